The molecule has 0 bridgehead atoms. The first-order valence-corrected chi connectivity index (χ1v) is 18.4. The fraction of sp³-hybridized carbons (Fsp3) is 0.973. The lowest BCUT2D eigenvalue weighted by atomic mass is 10.0. The molecule has 0 aromatic carbocycles. The third-order valence-corrected chi connectivity index (χ3v) is 8.52. The number of hydrogen-bond donors (Lipinski definition) is 0. The van der Waals surface area contributed by atoms with Gasteiger partial charge in [0, 0.05) is 5.97 Å². The summed E-state index contributed by atoms with van der Waals surface area (Å²) in [5.41, 5.74) is 0. The number of carboxylic acids is 1. The normalized spacial score (nSPS) is 11.4. The van der Waals surface area contributed by atoms with Gasteiger partial charge in [-0.25, -0.2) is 0 Å². The van der Waals surface area contributed by atoms with Crippen LogP contribution < -0.4 is 5.11 Å². The van der Waals surface area contributed by atoms with Crippen LogP contribution in [0.4, 0.5) is 0 Å². The van der Waals surface area contributed by atoms with Crippen molar-refractivity contribution in [1.29, 1.82) is 0 Å². The molecule has 0 heterocycles. The van der Waals surface area contributed by atoms with Crippen molar-refractivity contribution in [3.63, 3.8) is 0 Å². The van der Waals surface area contributed by atoms with E-state index in [1.54, 1.807) is 0 Å². The maximum Gasteiger partial charge on any atom is 0.0782 e. The van der Waals surface area contributed by atoms with Crippen LogP contribution in [0, 0.1) is 0 Å². The van der Waals surface area contributed by atoms with E-state index in [4.69, 9.17) is 0 Å². The zero-order valence-corrected chi connectivity index (χ0v) is 28.7. The molecule has 0 spiro atoms. The third-order valence-electron chi connectivity index (χ3n) is 8.52. The Labute approximate surface area is 254 Å². The molecule has 242 valence electrons. The lowest BCUT2D eigenvalue weighted by molar-refractivity contribution is -0.890. The van der Waals surface area contributed by atoms with Gasteiger partial charge in [0.2, 0.25) is 0 Å². The van der Waals surface area contributed by atoms with E-state index in [2.05, 4.69) is 27.9 Å². The average molecular weight is 568 g/mol. The highest BCUT2D eigenvalue weighted by atomic mass is 16.4. The second-order valence-corrected chi connectivity index (χ2v) is 13.3. The highest BCUT2D eigenvalue weighted by Crippen LogP contribution is 2.15. The van der Waals surface area contributed by atoms with Crippen LogP contribution in [-0.4, -0.2) is 37.6 Å². The number of hydrogen-bond acceptors (Lipinski definition) is 2. The Bertz CT molecular complexity index is 443. The number of carbonyl (C=O) groups is 1. The molecule has 3 nitrogen and oxygen atoms in total. The molecule has 0 N–H and O–H groups in total. The van der Waals surface area contributed by atoms with Gasteiger partial charge in [0.15, 0.2) is 0 Å². The number of rotatable bonds is 31. The Morgan fingerprint density at radius 2 is 0.575 bits per heavy atom. The number of carboxylic acid groups (broad SMARTS) is 1. The number of aliphatic carboxylic acids is 1. The molecular weight excluding hydrogens is 490 g/mol. The van der Waals surface area contributed by atoms with Crippen molar-refractivity contribution in [3.05, 3.63) is 0 Å². The topological polar surface area (TPSA) is 40.1 Å². The SMILES string of the molecule is CCC(=O)[O-].CCCCCCCCCCCCCCCC[N+](C)(C)CCCCCCCCCCCCCCCC. The first-order valence-electron chi connectivity index (χ1n) is 18.4. The molecule has 0 aromatic heterocycles. The summed E-state index contributed by atoms with van der Waals surface area (Å²) >= 11 is 0. The van der Waals surface area contributed by atoms with Gasteiger partial charge in [-0.05, 0) is 32.1 Å². The summed E-state index contributed by atoms with van der Waals surface area (Å²) < 4.78 is 1.25. The van der Waals surface area contributed by atoms with Gasteiger partial charge in [-0.15, -0.1) is 0 Å². The van der Waals surface area contributed by atoms with Gasteiger partial charge in [0.25, 0.3) is 0 Å². The minimum absolute atomic E-state index is 0.111. The van der Waals surface area contributed by atoms with E-state index >= 15 is 0 Å². The highest BCUT2D eigenvalue weighted by Gasteiger charge is 2.13. The van der Waals surface area contributed by atoms with Crippen molar-refractivity contribution in [3.8, 4) is 0 Å². The van der Waals surface area contributed by atoms with Crippen molar-refractivity contribution in [2.24, 2.45) is 0 Å². The molecule has 0 aromatic rings. The van der Waals surface area contributed by atoms with Gasteiger partial charge in [-0.1, -0.05) is 175 Å². The lowest BCUT2D eigenvalue weighted by Gasteiger charge is -2.30. The summed E-state index contributed by atoms with van der Waals surface area (Å²) in [4.78, 5) is 9.26. The Morgan fingerprint density at radius 1 is 0.400 bits per heavy atom. The summed E-state index contributed by atoms with van der Waals surface area (Å²) in [6.45, 7) is 8.92. The van der Waals surface area contributed by atoms with E-state index in [0.717, 1.165) is 0 Å². The van der Waals surface area contributed by atoms with Gasteiger partial charge < -0.3 is 14.4 Å². The van der Waals surface area contributed by atoms with Crippen LogP contribution in [0.2, 0.25) is 0 Å². The van der Waals surface area contributed by atoms with Crippen LogP contribution in [0.3, 0.4) is 0 Å². The van der Waals surface area contributed by atoms with Gasteiger partial charge in [0.05, 0.1) is 27.2 Å². The van der Waals surface area contributed by atoms with E-state index < -0.39 is 5.97 Å². The minimum atomic E-state index is -0.995. The monoisotopic (exact) mass is 568 g/mol. The van der Waals surface area contributed by atoms with E-state index in [9.17, 15) is 9.90 Å². The number of carbonyl (C=O) groups excluding carboxylic acids is 1. The first-order chi connectivity index (χ1) is 19.4. The van der Waals surface area contributed by atoms with Crippen LogP contribution >= 0.6 is 0 Å². The Balaban J connectivity index is 0. The molecule has 3 heteroatoms. The van der Waals surface area contributed by atoms with E-state index in [1.165, 1.54) is 204 Å². The van der Waals surface area contributed by atoms with Crippen LogP contribution in [0.25, 0.3) is 0 Å². The molecular formula is C37H77NO2. The predicted octanol–water partition coefficient (Wildman–Crippen LogP) is 11.2. The van der Waals surface area contributed by atoms with Gasteiger partial charge in [-0.2, -0.15) is 0 Å². The smallest absolute Gasteiger partial charge is 0.0782 e. The zero-order chi connectivity index (χ0) is 30.0. The van der Waals surface area contributed by atoms with Crippen molar-refractivity contribution in [2.75, 3.05) is 27.2 Å². The third kappa shape index (κ3) is 39.6. The fourth-order valence-corrected chi connectivity index (χ4v) is 5.58. The summed E-state index contributed by atoms with van der Waals surface area (Å²) in [5, 5.41) is 9.26. The number of quaternary nitrogens is 1. The lowest BCUT2D eigenvalue weighted by Crippen LogP contribution is -2.41. The van der Waals surface area contributed by atoms with Gasteiger partial charge in [0.1, 0.15) is 0 Å². The molecule has 0 unspecified atom stereocenters. The van der Waals surface area contributed by atoms with Gasteiger partial charge in [-0.3, -0.25) is 0 Å². The minimum Gasteiger partial charge on any atom is -0.550 e. The molecule has 0 amide bonds. The summed E-state index contributed by atoms with van der Waals surface area (Å²) in [6, 6.07) is 0. The maximum atomic E-state index is 9.26. The molecule has 0 aliphatic carbocycles. The standard InChI is InChI=1S/C34H72N.C3H6O2/c1-5-7-9-11-13-15-17-19-21-23-25-27-29-31-33-35(3,4)34-32-30-28-26-24-22-20-18-16-14-12-10-8-6-2;1-2-3(4)5/h5-34H2,1-4H3;2H2,1H3,(H,4,5)/q+1;/p-1. The number of nitrogens with zero attached hydrogens (tertiary/aromatic N) is 1. The second kappa shape index (κ2) is 34.6. The van der Waals surface area contributed by atoms with Crippen molar-refractivity contribution in [2.45, 2.75) is 207 Å². The molecule has 0 saturated heterocycles. The van der Waals surface area contributed by atoms with Crippen LogP contribution in [0.5, 0.6) is 0 Å². The molecule has 40 heavy (non-hydrogen) atoms. The molecule has 0 saturated carbocycles. The second-order valence-electron chi connectivity index (χ2n) is 13.3. The molecule has 0 aliphatic heterocycles. The maximum absolute atomic E-state index is 9.26. The first kappa shape index (κ1) is 41.6. The fourth-order valence-electron chi connectivity index (χ4n) is 5.58. The van der Waals surface area contributed by atoms with E-state index in [0.29, 0.717) is 0 Å². The van der Waals surface area contributed by atoms with Crippen LogP contribution in [-0.2, 0) is 4.79 Å². The predicted molar refractivity (Wildman–Crippen MR) is 178 cm³/mol. The summed E-state index contributed by atoms with van der Waals surface area (Å²) in [5.74, 6) is -0.995. The van der Waals surface area contributed by atoms with Crippen molar-refractivity contribution >= 4 is 5.97 Å². The summed E-state index contributed by atoms with van der Waals surface area (Å²) in [7, 11) is 4.93. The average Bonchev–Trinajstić information content (AvgIpc) is 2.93. The highest BCUT2D eigenvalue weighted by molar-refractivity contribution is 5.63. The molecule has 0 rings (SSSR count). The Morgan fingerprint density at radius 3 is 0.750 bits per heavy atom. The van der Waals surface area contributed by atoms with Crippen LogP contribution in [0.15, 0.2) is 0 Å². The molecule has 0 atom stereocenters. The molecule has 0 fully saturated rings. The largest absolute Gasteiger partial charge is 0.550 e. The van der Waals surface area contributed by atoms with E-state index in [1.807, 2.05) is 0 Å². The Hall–Kier alpha value is -0.570. The summed E-state index contributed by atoms with van der Waals surface area (Å²) in [6.07, 6.45) is 41.1. The van der Waals surface area contributed by atoms with Crippen molar-refractivity contribution in [1.82, 2.24) is 0 Å². The zero-order valence-electron chi connectivity index (χ0n) is 28.7. The van der Waals surface area contributed by atoms with E-state index in [-0.39, 0.29) is 6.42 Å². The van der Waals surface area contributed by atoms with Crippen molar-refractivity contribution < 1.29 is 14.4 Å². The Kier molecular flexibility index (Phi) is 36.0. The van der Waals surface area contributed by atoms with Gasteiger partial charge >= 0.3 is 0 Å². The van der Waals surface area contributed by atoms with Crippen LogP contribution in [0.1, 0.15) is 207 Å². The molecule has 0 aliphatic rings. The quantitative estimate of drug-likeness (QED) is 0.0617. The number of unbranched alkanes of at least 4 members (excludes halogenated alkanes) is 26. The molecule has 0 radical (unpaired) electrons.